The van der Waals surface area contributed by atoms with Crippen LogP contribution in [0.3, 0.4) is 0 Å². The second-order valence-corrected chi connectivity index (χ2v) is 9.38. The third kappa shape index (κ3) is 4.66. The Bertz CT molecular complexity index is 718. The second kappa shape index (κ2) is 8.86. The molecule has 1 aromatic carbocycles. The normalized spacial score (nSPS) is 27.1. The van der Waals surface area contributed by atoms with Crippen LogP contribution in [0.1, 0.15) is 63.9 Å². The Morgan fingerprint density at radius 3 is 2.34 bits per heavy atom. The van der Waals surface area contributed by atoms with E-state index >= 15 is 0 Å². The van der Waals surface area contributed by atoms with E-state index in [1.165, 1.54) is 50.8 Å². The molecule has 0 bridgehead atoms. The lowest BCUT2D eigenvalue weighted by Gasteiger charge is -2.37. The number of benzene rings is 1. The third-order valence-corrected chi connectivity index (χ3v) is 7.43. The number of hydrogen-bond acceptors (Lipinski definition) is 4. The first-order chi connectivity index (χ1) is 14.0. The van der Waals surface area contributed by atoms with E-state index in [9.17, 15) is 9.59 Å². The van der Waals surface area contributed by atoms with Gasteiger partial charge >= 0.3 is 0 Å². The van der Waals surface area contributed by atoms with E-state index in [1.807, 2.05) is 6.92 Å². The van der Waals surface area contributed by atoms with Gasteiger partial charge in [0.05, 0.1) is 5.41 Å². The summed E-state index contributed by atoms with van der Waals surface area (Å²) in [5, 5.41) is 2.49. The summed E-state index contributed by atoms with van der Waals surface area (Å²) < 4.78 is 0. The Hall–Kier alpha value is -1.88. The lowest BCUT2D eigenvalue weighted by molar-refractivity contribution is -0.137. The fourth-order valence-electron chi connectivity index (χ4n) is 5.19. The van der Waals surface area contributed by atoms with Gasteiger partial charge in [0.25, 0.3) is 0 Å². The van der Waals surface area contributed by atoms with Crippen LogP contribution in [-0.2, 0) is 15.0 Å². The molecule has 2 aliphatic heterocycles. The van der Waals surface area contributed by atoms with Gasteiger partial charge in [-0.2, -0.15) is 0 Å². The van der Waals surface area contributed by atoms with E-state index in [1.54, 1.807) is 0 Å². The summed E-state index contributed by atoms with van der Waals surface area (Å²) in [6.45, 7) is 7.60. The molecule has 1 aliphatic carbocycles. The number of amides is 2. The number of hydrogen-bond donors (Lipinski definition) is 1. The van der Waals surface area contributed by atoms with Crippen molar-refractivity contribution in [1.82, 2.24) is 10.2 Å². The number of nitrogens with one attached hydrogen (secondary N) is 1. The molecule has 5 heteroatoms. The number of piperazine rings is 1. The average Bonchev–Trinajstić information content (AvgIpc) is 2.76. The van der Waals surface area contributed by atoms with E-state index in [2.05, 4.69) is 39.4 Å². The minimum absolute atomic E-state index is 0.162. The number of anilines is 1. The van der Waals surface area contributed by atoms with Gasteiger partial charge in [-0.1, -0.05) is 44.2 Å². The summed E-state index contributed by atoms with van der Waals surface area (Å²) >= 11 is 0. The maximum Gasteiger partial charge on any atom is 0.236 e. The zero-order valence-electron chi connectivity index (χ0n) is 17.8. The van der Waals surface area contributed by atoms with E-state index in [0.29, 0.717) is 12.8 Å². The first-order valence-electron chi connectivity index (χ1n) is 11.5. The van der Waals surface area contributed by atoms with Crippen LogP contribution in [0.4, 0.5) is 5.69 Å². The summed E-state index contributed by atoms with van der Waals surface area (Å²) in [6.07, 6.45) is 9.56. The zero-order chi connectivity index (χ0) is 20.3. The summed E-state index contributed by atoms with van der Waals surface area (Å²) in [7, 11) is 0. The van der Waals surface area contributed by atoms with Crippen LogP contribution >= 0.6 is 0 Å². The number of carbonyl (C=O) groups is 2. The van der Waals surface area contributed by atoms with Gasteiger partial charge < -0.3 is 4.90 Å². The van der Waals surface area contributed by atoms with E-state index in [-0.39, 0.29) is 11.8 Å². The van der Waals surface area contributed by atoms with Gasteiger partial charge in [0.15, 0.2) is 0 Å². The molecule has 158 valence electrons. The van der Waals surface area contributed by atoms with Crippen molar-refractivity contribution < 1.29 is 9.59 Å². The monoisotopic (exact) mass is 397 g/mol. The van der Waals surface area contributed by atoms with Crippen molar-refractivity contribution in [3.8, 4) is 0 Å². The van der Waals surface area contributed by atoms with Gasteiger partial charge in [-0.3, -0.25) is 19.8 Å². The largest absolute Gasteiger partial charge is 0.369 e. The Labute approximate surface area is 174 Å². The summed E-state index contributed by atoms with van der Waals surface area (Å²) in [4.78, 5) is 28.9. The van der Waals surface area contributed by atoms with Crippen molar-refractivity contribution in [2.45, 2.75) is 63.7 Å². The lowest BCUT2D eigenvalue weighted by Crippen LogP contribution is -2.49. The van der Waals surface area contributed by atoms with Crippen molar-refractivity contribution in [2.75, 3.05) is 37.6 Å². The van der Waals surface area contributed by atoms with E-state index in [0.717, 1.165) is 37.7 Å². The predicted octanol–water partition coefficient (Wildman–Crippen LogP) is 3.47. The second-order valence-electron chi connectivity index (χ2n) is 9.38. The van der Waals surface area contributed by atoms with Gasteiger partial charge in [-0.15, -0.1) is 0 Å². The SMILES string of the molecule is C[C@@]1(c2ccc(N3CCN(CCC4CCCCC4)CC3)cc2)CCC(=O)NC1=O. The van der Waals surface area contributed by atoms with Crippen LogP contribution in [0.2, 0.25) is 0 Å². The quantitative estimate of drug-likeness (QED) is 0.773. The van der Waals surface area contributed by atoms with Gasteiger partial charge in [-0.05, 0) is 49.9 Å². The highest BCUT2D eigenvalue weighted by Gasteiger charge is 2.39. The van der Waals surface area contributed by atoms with E-state index < -0.39 is 5.41 Å². The maximum atomic E-state index is 12.4. The zero-order valence-corrected chi connectivity index (χ0v) is 17.8. The van der Waals surface area contributed by atoms with Crippen molar-refractivity contribution in [3.05, 3.63) is 29.8 Å². The topological polar surface area (TPSA) is 52.6 Å². The number of carbonyl (C=O) groups excluding carboxylic acids is 2. The maximum absolute atomic E-state index is 12.4. The molecule has 2 saturated heterocycles. The van der Waals surface area contributed by atoms with Gasteiger partial charge in [0.2, 0.25) is 11.8 Å². The molecule has 2 amide bonds. The molecule has 3 aliphatic rings. The van der Waals surface area contributed by atoms with Crippen LogP contribution < -0.4 is 10.2 Å². The minimum atomic E-state index is -0.607. The lowest BCUT2D eigenvalue weighted by atomic mass is 9.75. The summed E-state index contributed by atoms with van der Waals surface area (Å²) in [6, 6.07) is 8.42. The third-order valence-electron chi connectivity index (χ3n) is 7.43. The smallest absolute Gasteiger partial charge is 0.236 e. The molecule has 1 saturated carbocycles. The highest BCUT2D eigenvalue weighted by molar-refractivity contribution is 6.03. The first-order valence-corrected chi connectivity index (χ1v) is 11.5. The molecule has 1 atom stereocenters. The molecule has 2 heterocycles. The molecule has 0 aromatic heterocycles. The van der Waals surface area contributed by atoms with E-state index in [4.69, 9.17) is 0 Å². The predicted molar refractivity (Wildman–Crippen MR) is 116 cm³/mol. The van der Waals surface area contributed by atoms with Crippen LogP contribution in [0.25, 0.3) is 0 Å². The van der Waals surface area contributed by atoms with Crippen molar-refractivity contribution >= 4 is 17.5 Å². The van der Waals surface area contributed by atoms with Crippen molar-refractivity contribution in [3.63, 3.8) is 0 Å². The first kappa shape index (κ1) is 20.4. The average molecular weight is 398 g/mol. The Morgan fingerprint density at radius 1 is 1.00 bits per heavy atom. The molecule has 4 rings (SSSR count). The molecular weight excluding hydrogens is 362 g/mol. The molecule has 5 nitrogen and oxygen atoms in total. The van der Waals surface area contributed by atoms with Gasteiger partial charge in [-0.25, -0.2) is 0 Å². The molecule has 0 spiro atoms. The molecule has 0 radical (unpaired) electrons. The fourth-order valence-corrected chi connectivity index (χ4v) is 5.19. The molecule has 3 fully saturated rings. The van der Waals surface area contributed by atoms with Crippen molar-refractivity contribution in [1.29, 1.82) is 0 Å². The standard InChI is InChI=1S/C24H35N3O2/c1-24(13-11-22(28)25-23(24)29)20-7-9-21(10-8-20)27-17-15-26(16-18-27)14-12-19-5-3-2-4-6-19/h7-10,19H,2-6,11-18H2,1H3,(H,25,28,29)/t24-/m0/s1. The summed E-state index contributed by atoms with van der Waals surface area (Å²) in [5.74, 6) is 0.626. The fraction of sp³-hybridized carbons (Fsp3) is 0.667. The highest BCUT2D eigenvalue weighted by Crippen LogP contribution is 2.33. The van der Waals surface area contributed by atoms with Crippen LogP contribution in [0.5, 0.6) is 0 Å². The minimum Gasteiger partial charge on any atom is -0.369 e. The molecule has 1 aromatic rings. The Morgan fingerprint density at radius 2 is 1.69 bits per heavy atom. The molecule has 29 heavy (non-hydrogen) atoms. The summed E-state index contributed by atoms with van der Waals surface area (Å²) in [5.41, 5.74) is 1.62. The Kier molecular flexibility index (Phi) is 6.23. The Balaban J connectivity index is 1.29. The van der Waals surface area contributed by atoms with Crippen molar-refractivity contribution in [2.24, 2.45) is 5.92 Å². The number of imide groups is 1. The van der Waals surface area contributed by atoms with Gasteiger partial charge in [0.1, 0.15) is 0 Å². The highest BCUT2D eigenvalue weighted by atomic mass is 16.2. The van der Waals surface area contributed by atoms with Gasteiger partial charge in [0, 0.05) is 38.3 Å². The molecular formula is C24H35N3O2. The number of piperidine rings is 1. The van der Waals surface area contributed by atoms with Crippen LogP contribution in [0, 0.1) is 5.92 Å². The number of rotatable bonds is 5. The molecule has 1 N–H and O–H groups in total. The number of nitrogens with zero attached hydrogens (tertiary/aromatic N) is 2. The van der Waals surface area contributed by atoms with Crippen LogP contribution in [-0.4, -0.2) is 49.4 Å². The van der Waals surface area contributed by atoms with Crippen LogP contribution in [0.15, 0.2) is 24.3 Å². The molecule has 0 unspecified atom stereocenters.